The van der Waals surface area contributed by atoms with E-state index in [-0.39, 0.29) is 51.4 Å². The maximum atomic E-state index is 12.4. The van der Waals surface area contributed by atoms with E-state index >= 15 is 0 Å². The van der Waals surface area contributed by atoms with E-state index in [9.17, 15) is 12.9 Å². The van der Waals surface area contributed by atoms with Crippen molar-refractivity contribution in [3.05, 3.63) is 11.8 Å². The molecule has 0 saturated carbocycles. The average Bonchev–Trinajstić information content (AvgIpc) is 2.53. The summed E-state index contributed by atoms with van der Waals surface area (Å²) in [6.45, 7) is -3.17. The van der Waals surface area contributed by atoms with Crippen molar-refractivity contribution in [2.75, 3.05) is 0 Å². The zero-order chi connectivity index (χ0) is 10.5. The largest absolute Gasteiger partial charge is 1.00 e. The average molecular weight is 258 g/mol. The molecule has 2 aromatic rings. The minimum Gasteiger partial charge on any atom is -0.444 e. The van der Waals surface area contributed by atoms with Gasteiger partial charge in [-0.1, -0.05) is 10.8 Å². The van der Waals surface area contributed by atoms with E-state index in [0.29, 0.717) is 15.9 Å². The molecule has 0 aliphatic heterocycles. The second-order valence-electron chi connectivity index (χ2n) is 3.15. The van der Waals surface area contributed by atoms with Crippen LogP contribution in [-0.4, -0.2) is 16.8 Å². The molecule has 0 saturated heterocycles. The first-order valence-corrected chi connectivity index (χ1v) is 4.84. The van der Waals surface area contributed by atoms with E-state index in [1.807, 2.05) is 0 Å². The van der Waals surface area contributed by atoms with Gasteiger partial charge in [-0.25, -0.2) is 0 Å². The first-order valence-electron chi connectivity index (χ1n) is 4.02. The van der Waals surface area contributed by atoms with E-state index in [2.05, 4.69) is 5.10 Å². The summed E-state index contributed by atoms with van der Waals surface area (Å²) >= 11 is 0.755. The number of hydrogen-bond donors (Lipinski definition) is 0. The normalized spacial score (nSPS) is 11.8. The van der Waals surface area contributed by atoms with Crippen molar-refractivity contribution in [3.8, 4) is 0 Å². The third kappa shape index (κ3) is 2.50. The Balaban J connectivity index is 0.00000112. The third-order valence-corrected chi connectivity index (χ3v) is 3.34. The Bertz CT molecular complexity index is 456. The van der Waals surface area contributed by atoms with Gasteiger partial charge in [0.1, 0.15) is 4.83 Å². The van der Waals surface area contributed by atoms with Crippen LogP contribution in [0.3, 0.4) is 0 Å². The Labute approximate surface area is 131 Å². The SMILES string of the molecule is Cc1nn(C)c2sc([B-](F)(F)F)cc12.[K+]. The molecule has 76 valence electrons. The molecule has 0 N–H and O–H groups in total. The smallest absolute Gasteiger partial charge is 0.444 e. The molecular formula is C7H7BF3KN2S. The molecule has 2 heterocycles. The predicted molar refractivity (Wildman–Crippen MR) is 52.0 cm³/mol. The summed E-state index contributed by atoms with van der Waals surface area (Å²) in [5, 5.41) is 4.64. The van der Waals surface area contributed by atoms with Crippen LogP contribution in [0, 0.1) is 6.92 Å². The van der Waals surface area contributed by atoms with Crippen LogP contribution in [0.25, 0.3) is 10.2 Å². The summed E-state index contributed by atoms with van der Waals surface area (Å²) in [6, 6.07) is 1.18. The second kappa shape index (κ2) is 4.50. The summed E-state index contributed by atoms with van der Waals surface area (Å²) in [5.74, 6) is 0. The molecule has 0 aliphatic carbocycles. The van der Waals surface area contributed by atoms with Gasteiger partial charge in [-0.3, -0.25) is 4.68 Å². The summed E-state index contributed by atoms with van der Waals surface area (Å²) in [5.41, 5.74) is 0.644. The van der Waals surface area contributed by atoms with Gasteiger partial charge in [-0.2, -0.15) is 16.4 Å². The van der Waals surface area contributed by atoms with E-state index in [1.54, 1.807) is 14.0 Å². The number of hydrogen-bond acceptors (Lipinski definition) is 2. The van der Waals surface area contributed by atoms with Crippen LogP contribution < -0.4 is 56.2 Å². The van der Waals surface area contributed by atoms with Crippen molar-refractivity contribution in [3.63, 3.8) is 0 Å². The molecule has 0 fully saturated rings. The number of rotatable bonds is 1. The first kappa shape index (κ1) is 13.7. The topological polar surface area (TPSA) is 17.8 Å². The molecule has 15 heavy (non-hydrogen) atoms. The third-order valence-electron chi connectivity index (χ3n) is 2.04. The van der Waals surface area contributed by atoms with Crippen LogP contribution in [0.1, 0.15) is 5.69 Å². The molecular weight excluding hydrogens is 251 g/mol. The molecule has 2 aromatic heterocycles. The number of thiophene rings is 1. The van der Waals surface area contributed by atoms with Crippen molar-refractivity contribution in [2.24, 2.45) is 7.05 Å². The van der Waals surface area contributed by atoms with Crippen molar-refractivity contribution < 1.29 is 64.3 Å². The Morgan fingerprint density at radius 2 is 2.00 bits per heavy atom. The van der Waals surface area contributed by atoms with Crippen LogP contribution in [0.4, 0.5) is 12.9 Å². The Morgan fingerprint density at radius 3 is 2.47 bits per heavy atom. The van der Waals surface area contributed by atoms with Crippen LogP contribution >= 0.6 is 11.3 Å². The molecule has 0 atom stereocenters. The minimum absolute atomic E-state index is 0. The maximum Gasteiger partial charge on any atom is 1.00 e. The minimum atomic E-state index is -4.88. The van der Waals surface area contributed by atoms with Crippen molar-refractivity contribution in [1.29, 1.82) is 0 Å². The molecule has 0 radical (unpaired) electrons. The Kier molecular flexibility index (Phi) is 4.12. The van der Waals surface area contributed by atoms with Crippen molar-refractivity contribution in [1.82, 2.24) is 9.78 Å². The van der Waals surface area contributed by atoms with E-state index in [1.165, 1.54) is 10.7 Å². The van der Waals surface area contributed by atoms with Gasteiger partial charge in [0.15, 0.2) is 0 Å². The molecule has 0 aromatic carbocycles. The first-order chi connectivity index (χ1) is 6.39. The summed E-state index contributed by atoms with van der Waals surface area (Å²) < 4.78 is 38.2. The molecule has 0 unspecified atom stereocenters. The zero-order valence-corrected chi connectivity index (χ0v) is 12.5. The molecule has 0 amide bonds. The van der Waals surface area contributed by atoms with E-state index < -0.39 is 11.8 Å². The fraction of sp³-hybridized carbons (Fsp3) is 0.286. The molecule has 0 spiro atoms. The van der Waals surface area contributed by atoms with Crippen molar-refractivity contribution >= 4 is 33.3 Å². The van der Waals surface area contributed by atoms with Gasteiger partial charge in [0.25, 0.3) is 0 Å². The van der Waals surface area contributed by atoms with Gasteiger partial charge < -0.3 is 12.9 Å². The van der Waals surface area contributed by atoms with Gasteiger partial charge in [0.05, 0.1) is 5.69 Å². The molecule has 0 aliphatic rings. The number of aromatic nitrogens is 2. The van der Waals surface area contributed by atoms with Gasteiger partial charge in [-0.05, 0) is 6.92 Å². The Hall–Kier alpha value is 0.661. The van der Waals surface area contributed by atoms with E-state index in [4.69, 9.17) is 0 Å². The second-order valence-corrected chi connectivity index (χ2v) is 4.21. The summed E-state index contributed by atoms with van der Waals surface area (Å²) in [4.78, 5) is 0.580. The number of aryl methyl sites for hydroxylation is 2. The quantitative estimate of drug-likeness (QED) is 0.600. The number of fused-ring (bicyclic) bond motifs is 1. The van der Waals surface area contributed by atoms with Crippen LogP contribution in [0.5, 0.6) is 0 Å². The van der Waals surface area contributed by atoms with Crippen LogP contribution in [0.2, 0.25) is 0 Å². The molecule has 8 heteroatoms. The molecule has 2 rings (SSSR count). The monoisotopic (exact) mass is 258 g/mol. The van der Waals surface area contributed by atoms with E-state index in [0.717, 1.165) is 11.3 Å². The summed E-state index contributed by atoms with van der Waals surface area (Å²) in [6.07, 6.45) is 0. The molecule has 2 nitrogen and oxygen atoms in total. The van der Waals surface area contributed by atoms with Crippen LogP contribution in [-0.2, 0) is 7.05 Å². The van der Waals surface area contributed by atoms with Crippen molar-refractivity contribution in [2.45, 2.75) is 6.92 Å². The summed E-state index contributed by atoms with van der Waals surface area (Å²) in [7, 11) is 1.65. The Morgan fingerprint density at radius 1 is 1.40 bits per heavy atom. The zero-order valence-electron chi connectivity index (χ0n) is 8.59. The van der Waals surface area contributed by atoms with Crippen LogP contribution in [0.15, 0.2) is 6.07 Å². The van der Waals surface area contributed by atoms with Gasteiger partial charge in [-0.15, -0.1) is 0 Å². The number of nitrogens with zero attached hydrogens (tertiary/aromatic N) is 2. The standard InChI is InChI=1S/C7H7BF3N2S.K/c1-4-5-3-6(8(9,10)11)14-7(5)13(2)12-4;/h3H,1-2H3;/q-1;+1. The maximum absolute atomic E-state index is 12.4. The predicted octanol–water partition coefficient (Wildman–Crippen LogP) is -0.998. The van der Waals surface area contributed by atoms with Gasteiger partial charge in [0, 0.05) is 12.4 Å². The fourth-order valence-corrected chi connectivity index (χ4v) is 2.41. The fourth-order valence-electron chi connectivity index (χ4n) is 1.39. The number of halogens is 3. The van der Waals surface area contributed by atoms with Gasteiger partial charge in [0.2, 0.25) is 0 Å². The molecule has 0 bridgehead atoms. The van der Waals surface area contributed by atoms with Gasteiger partial charge >= 0.3 is 58.4 Å².